The van der Waals surface area contributed by atoms with Crippen LogP contribution in [0.5, 0.6) is 17.2 Å². The smallest absolute Gasteiger partial charge is 0.179 e. The molecule has 0 aliphatic carbocycles. The average Bonchev–Trinajstić information content (AvgIpc) is 2.85. The van der Waals surface area contributed by atoms with Gasteiger partial charge in [-0.1, -0.05) is 23.7 Å². The first-order valence-corrected chi connectivity index (χ1v) is 8.71. The highest BCUT2D eigenvalue weighted by molar-refractivity contribution is 6.32. The Kier molecular flexibility index (Phi) is 5.68. The third-order valence-electron chi connectivity index (χ3n) is 4.20. The zero-order valence-corrected chi connectivity index (χ0v) is 14.8. The van der Waals surface area contributed by atoms with Crippen molar-refractivity contribution in [2.45, 2.75) is 32.0 Å². The molecule has 0 saturated carbocycles. The third-order valence-corrected chi connectivity index (χ3v) is 4.48. The van der Waals surface area contributed by atoms with E-state index < -0.39 is 6.10 Å². The quantitative estimate of drug-likeness (QED) is 0.759. The second kappa shape index (κ2) is 7.95. The van der Waals surface area contributed by atoms with E-state index in [1.165, 1.54) is 0 Å². The normalized spacial score (nSPS) is 16.1. The van der Waals surface area contributed by atoms with Gasteiger partial charge in [0.1, 0.15) is 5.75 Å². The molecule has 1 heterocycles. The summed E-state index contributed by atoms with van der Waals surface area (Å²) >= 11 is 6.30. The van der Waals surface area contributed by atoms with Crippen LogP contribution < -0.4 is 14.8 Å². The van der Waals surface area contributed by atoms with Gasteiger partial charge in [-0.25, -0.2) is 0 Å². The minimum absolute atomic E-state index is 0.179. The minimum Gasteiger partial charge on any atom is -0.508 e. The predicted molar refractivity (Wildman–Crippen MR) is 96.4 cm³/mol. The molecule has 0 saturated heterocycles. The summed E-state index contributed by atoms with van der Waals surface area (Å²) in [6.45, 7) is 3.64. The van der Waals surface area contributed by atoms with Gasteiger partial charge in [0.25, 0.3) is 0 Å². The van der Waals surface area contributed by atoms with Crippen molar-refractivity contribution in [1.29, 1.82) is 0 Å². The molecule has 0 bridgehead atoms. The zero-order chi connectivity index (χ0) is 17.8. The highest BCUT2D eigenvalue weighted by Gasteiger charge is 2.18. The van der Waals surface area contributed by atoms with E-state index in [1.807, 2.05) is 19.1 Å². The van der Waals surface area contributed by atoms with Gasteiger partial charge < -0.3 is 25.0 Å². The number of benzene rings is 2. The number of halogens is 1. The molecule has 1 aliphatic rings. The van der Waals surface area contributed by atoms with Gasteiger partial charge in [-0.2, -0.15) is 0 Å². The first-order valence-electron chi connectivity index (χ1n) is 8.33. The molecule has 2 atom stereocenters. The molecule has 0 amide bonds. The van der Waals surface area contributed by atoms with Crippen LogP contribution in [-0.4, -0.2) is 29.5 Å². The van der Waals surface area contributed by atoms with Gasteiger partial charge >= 0.3 is 0 Å². The van der Waals surface area contributed by atoms with E-state index in [0.717, 1.165) is 17.5 Å². The van der Waals surface area contributed by atoms with Crippen molar-refractivity contribution >= 4 is 11.6 Å². The Bertz CT molecular complexity index is 720. The fraction of sp³-hybridized carbons (Fsp3) is 0.368. The second-order valence-electron chi connectivity index (χ2n) is 6.16. The van der Waals surface area contributed by atoms with Gasteiger partial charge in [0.05, 0.1) is 24.3 Å². The van der Waals surface area contributed by atoms with Gasteiger partial charge in [-0.15, -0.1) is 0 Å². The van der Waals surface area contributed by atoms with Crippen LogP contribution >= 0.6 is 11.6 Å². The van der Waals surface area contributed by atoms with Crippen molar-refractivity contribution in [3.05, 3.63) is 52.5 Å². The van der Waals surface area contributed by atoms with E-state index >= 15 is 0 Å². The van der Waals surface area contributed by atoms with Crippen LogP contribution in [0.25, 0.3) is 0 Å². The summed E-state index contributed by atoms with van der Waals surface area (Å²) in [5.41, 5.74) is 1.70. The molecule has 6 heteroatoms. The zero-order valence-electron chi connectivity index (χ0n) is 14.0. The first kappa shape index (κ1) is 17.9. The van der Waals surface area contributed by atoms with E-state index in [-0.39, 0.29) is 11.8 Å². The second-order valence-corrected chi connectivity index (χ2v) is 6.57. The maximum absolute atomic E-state index is 10.4. The van der Waals surface area contributed by atoms with Crippen molar-refractivity contribution < 1.29 is 19.7 Å². The summed E-state index contributed by atoms with van der Waals surface area (Å²) in [4.78, 5) is 0. The number of aromatic hydroxyl groups is 1. The standard InChI is InChI=1S/C19H22ClNO4/c1-12(18(23)14-3-5-15(22)6-4-14)21-11-13-9-16(20)19-17(10-13)24-7-2-8-25-19/h3-6,9-10,12,18,21-23H,2,7-8,11H2,1H3/t12-,18-/m1/s1. The third kappa shape index (κ3) is 4.37. The molecule has 0 radical (unpaired) electrons. The molecular formula is C19H22ClNO4. The van der Waals surface area contributed by atoms with Crippen LogP contribution in [0.2, 0.25) is 5.02 Å². The van der Waals surface area contributed by atoms with E-state index in [4.69, 9.17) is 21.1 Å². The summed E-state index contributed by atoms with van der Waals surface area (Å²) in [7, 11) is 0. The molecule has 3 rings (SSSR count). The lowest BCUT2D eigenvalue weighted by Gasteiger charge is -2.21. The van der Waals surface area contributed by atoms with E-state index in [2.05, 4.69) is 5.32 Å². The minimum atomic E-state index is -0.684. The molecule has 0 fully saturated rings. The number of hydrogen-bond acceptors (Lipinski definition) is 5. The fourth-order valence-corrected chi connectivity index (χ4v) is 3.02. The Balaban J connectivity index is 1.65. The Morgan fingerprint density at radius 2 is 1.88 bits per heavy atom. The highest BCUT2D eigenvalue weighted by atomic mass is 35.5. The number of phenolic OH excluding ortho intramolecular Hbond substituents is 1. The molecule has 0 spiro atoms. The van der Waals surface area contributed by atoms with Crippen LogP contribution in [0, 0.1) is 0 Å². The summed E-state index contributed by atoms with van der Waals surface area (Å²) in [5.74, 6) is 1.44. The largest absolute Gasteiger partial charge is 0.508 e. The van der Waals surface area contributed by atoms with Gasteiger partial charge in [0, 0.05) is 19.0 Å². The number of aliphatic hydroxyl groups excluding tert-OH is 1. The number of fused-ring (bicyclic) bond motifs is 1. The van der Waals surface area contributed by atoms with Crippen LogP contribution in [0.4, 0.5) is 0 Å². The molecule has 3 N–H and O–H groups in total. The van der Waals surface area contributed by atoms with E-state index in [0.29, 0.717) is 36.3 Å². The fourth-order valence-electron chi connectivity index (χ4n) is 2.74. The molecule has 0 unspecified atom stereocenters. The Morgan fingerprint density at radius 3 is 2.64 bits per heavy atom. The molecule has 2 aromatic carbocycles. The van der Waals surface area contributed by atoms with Gasteiger partial charge in [0.2, 0.25) is 0 Å². The predicted octanol–water partition coefficient (Wildman–Crippen LogP) is 3.42. The Hall–Kier alpha value is -1.95. The highest BCUT2D eigenvalue weighted by Crippen LogP contribution is 2.38. The van der Waals surface area contributed by atoms with Crippen LogP contribution in [0.15, 0.2) is 36.4 Å². The number of hydrogen-bond donors (Lipinski definition) is 3. The number of aliphatic hydroxyl groups is 1. The van der Waals surface area contributed by atoms with Crippen LogP contribution in [-0.2, 0) is 6.54 Å². The summed E-state index contributed by atoms with van der Waals surface area (Å²) in [6, 6.07) is 10.1. The molecule has 25 heavy (non-hydrogen) atoms. The van der Waals surface area contributed by atoms with Gasteiger partial charge in [-0.05, 0) is 42.3 Å². The van der Waals surface area contributed by atoms with Gasteiger partial charge in [0.15, 0.2) is 11.5 Å². The number of phenols is 1. The topological polar surface area (TPSA) is 71.0 Å². The maximum atomic E-state index is 10.4. The maximum Gasteiger partial charge on any atom is 0.179 e. The number of ether oxygens (including phenoxy) is 2. The molecular weight excluding hydrogens is 342 g/mol. The average molecular weight is 364 g/mol. The van der Waals surface area contributed by atoms with Gasteiger partial charge in [-0.3, -0.25) is 0 Å². The molecule has 2 aromatic rings. The Labute approximate surface area is 152 Å². The van der Waals surface area contributed by atoms with Crippen LogP contribution in [0.3, 0.4) is 0 Å². The van der Waals surface area contributed by atoms with Crippen molar-refractivity contribution in [1.82, 2.24) is 5.32 Å². The molecule has 0 aromatic heterocycles. The molecule has 134 valence electrons. The van der Waals surface area contributed by atoms with E-state index in [1.54, 1.807) is 24.3 Å². The Morgan fingerprint density at radius 1 is 1.16 bits per heavy atom. The number of rotatable bonds is 5. The van der Waals surface area contributed by atoms with E-state index in [9.17, 15) is 10.2 Å². The monoisotopic (exact) mass is 363 g/mol. The number of nitrogens with one attached hydrogen (secondary N) is 1. The molecule has 1 aliphatic heterocycles. The van der Waals surface area contributed by atoms with Crippen molar-refractivity contribution in [2.75, 3.05) is 13.2 Å². The lowest BCUT2D eigenvalue weighted by atomic mass is 10.0. The summed E-state index contributed by atoms with van der Waals surface area (Å²) in [6.07, 6.45) is 0.144. The summed E-state index contributed by atoms with van der Waals surface area (Å²) < 4.78 is 11.3. The van der Waals surface area contributed by atoms with Crippen molar-refractivity contribution in [3.63, 3.8) is 0 Å². The lowest BCUT2D eigenvalue weighted by Crippen LogP contribution is -2.31. The first-order chi connectivity index (χ1) is 12.0. The lowest BCUT2D eigenvalue weighted by molar-refractivity contribution is 0.135. The van der Waals surface area contributed by atoms with Crippen molar-refractivity contribution in [3.8, 4) is 17.2 Å². The summed E-state index contributed by atoms with van der Waals surface area (Å²) in [5, 5.41) is 23.6. The van der Waals surface area contributed by atoms with Crippen molar-refractivity contribution in [2.24, 2.45) is 0 Å². The SMILES string of the molecule is C[C@@H](NCc1cc(Cl)c2c(c1)OCCCO2)[C@@H](O)c1ccc(O)cc1. The molecule has 5 nitrogen and oxygen atoms in total. The van der Waals surface area contributed by atoms with Crippen LogP contribution in [0.1, 0.15) is 30.6 Å².